The lowest BCUT2D eigenvalue weighted by molar-refractivity contribution is -0.141. The number of aryl methyl sites for hydroxylation is 1. The van der Waals surface area contributed by atoms with E-state index in [1.165, 1.54) is 4.68 Å². The zero-order valence-corrected chi connectivity index (χ0v) is 10.2. The number of rotatable bonds is 4. The van der Waals surface area contributed by atoms with Gasteiger partial charge in [0.1, 0.15) is 0 Å². The van der Waals surface area contributed by atoms with Gasteiger partial charge in [-0.25, -0.2) is 4.68 Å². The van der Waals surface area contributed by atoms with Crippen LogP contribution in [0.3, 0.4) is 0 Å². The molecule has 1 atom stereocenters. The summed E-state index contributed by atoms with van der Waals surface area (Å²) in [6, 6.07) is 7.73. The second-order valence-electron chi connectivity index (χ2n) is 4.24. The van der Waals surface area contributed by atoms with Gasteiger partial charge in [-0.3, -0.25) is 4.79 Å². The van der Waals surface area contributed by atoms with Gasteiger partial charge in [0, 0.05) is 5.56 Å². The van der Waals surface area contributed by atoms with Crippen molar-refractivity contribution in [3.05, 3.63) is 29.8 Å². The monoisotopic (exact) mass is 246 g/mol. The minimum Gasteiger partial charge on any atom is -0.481 e. The molecule has 1 N–H and O–H groups in total. The highest BCUT2D eigenvalue weighted by Gasteiger charge is 2.17. The van der Waals surface area contributed by atoms with Crippen molar-refractivity contribution in [2.75, 3.05) is 0 Å². The summed E-state index contributed by atoms with van der Waals surface area (Å²) in [6.45, 7) is 3.85. The molecule has 1 aromatic heterocycles. The van der Waals surface area contributed by atoms with Crippen LogP contribution < -0.4 is 0 Å². The fraction of sp³-hybridized carbons (Fsp3) is 0.333. The maximum Gasteiger partial charge on any atom is 0.308 e. The highest BCUT2D eigenvalue weighted by Crippen LogP contribution is 2.20. The SMILES string of the molecule is Cc1ccccc1-c1nnnn1CC(C)C(=O)O. The molecule has 0 aliphatic carbocycles. The Kier molecular flexibility index (Phi) is 3.36. The topological polar surface area (TPSA) is 80.9 Å². The van der Waals surface area contributed by atoms with Crippen molar-refractivity contribution in [2.45, 2.75) is 20.4 Å². The summed E-state index contributed by atoms with van der Waals surface area (Å²) in [4.78, 5) is 10.9. The molecule has 1 heterocycles. The zero-order valence-electron chi connectivity index (χ0n) is 10.2. The average Bonchev–Trinajstić information content (AvgIpc) is 2.77. The Morgan fingerprint density at radius 3 is 2.83 bits per heavy atom. The van der Waals surface area contributed by atoms with Crippen molar-refractivity contribution in [2.24, 2.45) is 5.92 Å². The fourth-order valence-electron chi connectivity index (χ4n) is 1.68. The standard InChI is InChI=1S/C12H14N4O2/c1-8-5-3-4-6-10(8)11-13-14-15-16(11)7-9(2)12(17)18/h3-6,9H,7H2,1-2H3,(H,17,18). The normalized spacial score (nSPS) is 12.3. The summed E-state index contributed by atoms with van der Waals surface area (Å²) < 4.78 is 1.53. The van der Waals surface area contributed by atoms with E-state index < -0.39 is 11.9 Å². The minimum absolute atomic E-state index is 0.256. The van der Waals surface area contributed by atoms with E-state index in [1.54, 1.807) is 6.92 Å². The number of aromatic nitrogens is 4. The first-order valence-electron chi connectivity index (χ1n) is 5.64. The van der Waals surface area contributed by atoms with Crippen LogP contribution in [0.15, 0.2) is 24.3 Å². The lowest BCUT2D eigenvalue weighted by atomic mass is 10.1. The largest absolute Gasteiger partial charge is 0.481 e. The van der Waals surface area contributed by atoms with E-state index in [1.807, 2.05) is 31.2 Å². The van der Waals surface area contributed by atoms with Crippen LogP contribution >= 0.6 is 0 Å². The molecule has 0 fully saturated rings. The summed E-state index contributed by atoms with van der Waals surface area (Å²) >= 11 is 0. The van der Waals surface area contributed by atoms with Crippen LogP contribution in [0.4, 0.5) is 0 Å². The van der Waals surface area contributed by atoms with Crippen LogP contribution in [-0.2, 0) is 11.3 Å². The molecule has 18 heavy (non-hydrogen) atoms. The highest BCUT2D eigenvalue weighted by molar-refractivity contribution is 5.69. The number of hydrogen-bond donors (Lipinski definition) is 1. The molecule has 6 nitrogen and oxygen atoms in total. The molecule has 2 rings (SSSR count). The molecule has 0 bridgehead atoms. The second-order valence-corrected chi connectivity index (χ2v) is 4.24. The number of carboxylic acids is 1. The third kappa shape index (κ3) is 2.37. The summed E-state index contributed by atoms with van der Waals surface area (Å²) in [5.74, 6) is -0.793. The summed E-state index contributed by atoms with van der Waals surface area (Å²) in [6.07, 6.45) is 0. The number of tetrazole rings is 1. The van der Waals surface area contributed by atoms with Crippen LogP contribution in [0, 0.1) is 12.8 Å². The quantitative estimate of drug-likeness (QED) is 0.881. The minimum atomic E-state index is -0.860. The van der Waals surface area contributed by atoms with Gasteiger partial charge in [0.15, 0.2) is 5.82 Å². The van der Waals surface area contributed by atoms with Crippen LogP contribution in [0.25, 0.3) is 11.4 Å². The van der Waals surface area contributed by atoms with Crippen molar-refractivity contribution < 1.29 is 9.90 Å². The van der Waals surface area contributed by atoms with Gasteiger partial charge in [0.2, 0.25) is 0 Å². The molecule has 0 aliphatic rings. The van der Waals surface area contributed by atoms with Gasteiger partial charge in [-0.05, 0) is 22.9 Å². The molecule has 1 unspecified atom stereocenters. The van der Waals surface area contributed by atoms with Gasteiger partial charge in [-0.1, -0.05) is 31.2 Å². The van der Waals surface area contributed by atoms with Crippen molar-refractivity contribution in [1.29, 1.82) is 0 Å². The number of benzene rings is 1. The van der Waals surface area contributed by atoms with Crippen molar-refractivity contribution in [1.82, 2.24) is 20.2 Å². The van der Waals surface area contributed by atoms with Crippen LogP contribution in [0.2, 0.25) is 0 Å². The fourth-order valence-corrected chi connectivity index (χ4v) is 1.68. The maximum atomic E-state index is 10.9. The molecule has 6 heteroatoms. The number of carbonyl (C=O) groups is 1. The number of nitrogens with zero attached hydrogens (tertiary/aromatic N) is 4. The van der Waals surface area contributed by atoms with E-state index in [-0.39, 0.29) is 6.54 Å². The summed E-state index contributed by atoms with van der Waals surface area (Å²) in [5, 5.41) is 20.4. The molecule has 0 radical (unpaired) electrons. The molecular formula is C12H14N4O2. The molecular weight excluding hydrogens is 232 g/mol. The third-order valence-corrected chi connectivity index (χ3v) is 2.79. The number of aliphatic carboxylic acids is 1. The molecule has 0 amide bonds. The van der Waals surface area contributed by atoms with Crippen LogP contribution in [0.5, 0.6) is 0 Å². The summed E-state index contributed by atoms with van der Waals surface area (Å²) in [5.41, 5.74) is 1.97. The van der Waals surface area contributed by atoms with Gasteiger partial charge in [-0.2, -0.15) is 0 Å². The number of carboxylic acid groups (broad SMARTS) is 1. The van der Waals surface area contributed by atoms with Gasteiger partial charge in [0.05, 0.1) is 12.5 Å². The molecule has 2 aromatic rings. The van der Waals surface area contributed by atoms with Gasteiger partial charge >= 0.3 is 5.97 Å². The molecule has 0 saturated heterocycles. The smallest absolute Gasteiger partial charge is 0.308 e. The molecule has 0 spiro atoms. The van der Waals surface area contributed by atoms with Gasteiger partial charge in [-0.15, -0.1) is 5.10 Å². The Hall–Kier alpha value is -2.24. The second kappa shape index (κ2) is 4.95. The van der Waals surface area contributed by atoms with E-state index in [2.05, 4.69) is 15.5 Å². The first kappa shape index (κ1) is 12.2. The molecule has 0 aliphatic heterocycles. The van der Waals surface area contributed by atoms with Crippen LogP contribution in [0.1, 0.15) is 12.5 Å². The Bertz CT molecular complexity index is 565. The first-order chi connectivity index (χ1) is 8.59. The van der Waals surface area contributed by atoms with Gasteiger partial charge < -0.3 is 5.11 Å². The molecule has 94 valence electrons. The average molecular weight is 246 g/mol. The van der Waals surface area contributed by atoms with E-state index in [0.29, 0.717) is 5.82 Å². The highest BCUT2D eigenvalue weighted by atomic mass is 16.4. The lowest BCUT2D eigenvalue weighted by Gasteiger charge is -2.09. The molecule has 1 aromatic carbocycles. The van der Waals surface area contributed by atoms with Crippen molar-refractivity contribution >= 4 is 5.97 Å². The first-order valence-corrected chi connectivity index (χ1v) is 5.64. The molecule has 0 saturated carbocycles. The summed E-state index contributed by atoms with van der Waals surface area (Å²) in [7, 11) is 0. The lowest BCUT2D eigenvalue weighted by Crippen LogP contribution is -2.18. The Morgan fingerprint density at radius 2 is 2.17 bits per heavy atom. The third-order valence-electron chi connectivity index (χ3n) is 2.79. The van der Waals surface area contributed by atoms with E-state index in [0.717, 1.165) is 11.1 Å². The maximum absolute atomic E-state index is 10.9. The predicted molar refractivity (Wildman–Crippen MR) is 64.8 cm³/mol. The van der Waals surface area contributed by atoms with E-state index in [9.17, 15) is 4.79 Å². The van der Waals surface area contributed by atoms with E-state index >= 15 is 0 Å². The zero-order chi connectivity index (χ0) is 13.1. The van der Waals surface area contributed by atoms with E-state index in [4.69, 9.17) is 5.11 Å². The Balaban J connectivity index is 2.34. The Morgan fingerprint density at radius 1 is 1.44 bits per heavy atom. The van der Waals surface area contributed by atoms with Crippen molar-refractivity contribution in [3.8, 4) is 11.4 Å². The predicted octanol–water partition coefficient (Wildman–Crippen LogP) is 1.37. The van der Waals surface area contributed by atoms with Gasteiger partial charge in [0.25, 0.3) is 0 Å². The van der Waals surface area contributed by atoms with Crippen LogP contribution in [-0.4, -0.2) is 31.3 Å². The van der Waals surface area contributed by atoms with Crippen molar-refractivity contribution in [3.63, 3.8) is 0 Å². The number of hydrogen-bond acceptors (Lipinski definition) is 4. The Labute approximate surface area is 104 Å².